The van der Waals surface area contributed by atoms with Gasteiger partial charge in [-0.1, -0.05) is 0 Å². The van der Waals surface area contributed by atoms with Gasteiger partial charge in [-0.05, 0) is 39.0 Å². The predicted octanol–water partition coefficient (Wildman–Crippen LogP) is 2.65. The van der Waals surface area contributed by atoms with Gasteiger partial charge >= 0.3 is 0 Å². The fourth-order valence-electron chi connectivity index (χ4n) is 3.13. The Hall–Kier alpha value is -2.83. The normalized spacial score (nSPS) is 12.3. The van der Waals surface area contributed by atoms with Crippen LogP contribution in [-0.4, -0.2) is 51.3 Å². The number of amides is 1. The number of nitrogens with one attached hydrogen (secondary N) is 1. The van der Waals surface area contributed by atoms with Gasteiger partial charge < -0.3 is 14.6 Å². The summed E-state index contributed by atoms with van der Waals surface area (Å²) >= 11 is 0. The summed E-state index contributed by atoms with van der Waals surface area (Å²) in [6.45, 7) is 6.36. The highest BCUT2D eigenvalue weighted by molar-refractivity contribution is 5.80. The molecule has 3 aromatic rings. The number of aromatic nitrogens is 4. The predicted molar refractivity (Wildman–Crippen MR) is 100 cm³/mol. The highest BCUT2D eigenvalue weighted by atomic mass is 16.5. The number of nitrogens with zero attached hydrogens (tertiary/aromatic N) is 4. The highest BCUT2D eigenvalue weighted by Crippen LogP contribution is 2.19. The van der Waals surface area contributed by atoms with E-state index in [1.165, 1.54) is 0 Å². The molecule has 0 spiro atoms. The zero-order chi connectivity index (χ0) is 18.8. The van der Waals surface area contributed by atoms with Crippen molar-refractivity contribution in [3.63, 3.8) is 0 Å². The first-order valence-electron chi connectivity index (χ1n) is 8.69. The summed E-state index contributed by atoms with van der Waals surface area (Å²) in [5, 5.41) is 4.42. The van der Waals surface area contributed by atoms with Crippen molar-refractivity contribution in [3.05, 3.63) is 41.5 Å². The maximum Gasteiger partial charge on any atom is 0.246 e. The van der Waals surface area contributed by atoms with E-state index < -0.39 is 0 Å². The zero-order valence-electron chi connectivity index (χ0n) is 15.9. The molecule has 1 N–H and O–H groups in total. The van der Waals surface area contributed by atoms with Crippen molar-refractivity contribution in [2.45, 2.75) is 33.2 Å². The SMILES string of the molecule is COc1ccc2nc(CCN(C)C(=O)[C@@H](C)n3nc(C)cc3C)[nH]c2c1. The molecule has 26 heavy (non-hydrogen) atoms. The largest absolute Gasteiger partial charge is 0.497 e. The van der Waals surface area contributed by atoms with E-state index in [4.69, 9.17) is 4.74 Å². The Morgan fingerprint density at radius 2 is 2.12 bits per heavy atom. The second-order valence-electron chi connectivity index (χ2n) is 6.62. The van der Waals surface area contributed by atoms with Gasteiger partial charge in [0, 0.05) is 31.8 Å². The third kappa shape index (κ3) is 3.56. The topological polar surface area (TPSA) is 76.0 Å². The van der Waals surface area contributed by atoms with E-state index in [2.05, 4.69) is 15.1 Å². The van der Waals surface area contributed by atoms with E-state index in [0.717, 1.165) is 34.0 Å². The average molecular weight is 355 g/mol. The number of benzene rings is 1. The Labute approximate surface area is 153 Å². The van der Waals surface area contributed by atoms with Gasteiger partial charge in [0.2, 0.25) is 5.91 Å². The van der Waals surface area contributed by atoms with Crippen LogP contribution in [0.25, 0.3) is 11.0 Å². The molecule has 7 heteroatoms. The number of carbonyl (C=O) groups excluding carboxylic acids is 1. The summed E-state index contributed by atoms with van der Waals surface area (Å²) < 4.78 is 7.01. The number of fused-ring (bicyclic) bond motifs is 1. The standard InChI is InChI=1S/C19H25N5O2/c1-12-10-13(2)24(22-12)14(3)19(25)23(4)9-8-18-20-16-7-6-15(26-5)11-17(16)21-18/h6-7,10-11,14H,8-9H2,1-5H3,(H,20,21)/t14-/m1/s1. The number of aromatic amines is 1. The van der Waals surface area contributed by atoms with Crippen molar-refractivity contribution in [3.8, 4) is 5.75 Å². The van der Waals surface area contributed by atoms with Gasteiger partial charge in [-0.25, -0.2) is 4.98 Å². The molecule has 1 amide bonds. The van der Waals surface area contributed by atoms with Crippen LogP contribution in [0.4, 0.5) is 0 Å². The second-order valence-corrected chi connectivity index (χ2v) is 6.62. The smallest absolute Gasteiger partial charge is 0.246 e. The molecule has 0 radical (unpaired) electrons. The monoisotopic (exact) mass is 355 g/mol. The first-order valence-corrected chi connectivity index (χ1v) is 8.69. The molecule has 1 atom stereocenters. The molecule has 0 unspecified atom stereocenters. The Morgan fingerprint density at radius 3 is 2.77 bits per heavy atom. The van der Waals surface area contributed by atoms with Crippen LogP contribution in [0.1, 0.15) is 30.2 Å². The number of carbonyl (C=O) groups is 1. The highest BCUT2D eigenvalue weighted by Gasteiger charge is 2.21. The lowest BCUT2D eigenvalue weighted by Gasteiger charge is -2.22. The first kappa shape index (κ1) is 18.0. The number of imidazole rings is 1. The molecule has 2 aromatic heterocycles. The van der Waals surface area contributed by atoms with E-state index in [-0.39, 0.29) is 11.9 Å². The van der Waals surface area contributed by atoms with Crippen molar-refractivity contribution < 1.29 is 9.53 Å². The molecule has 0 fully saturated rings. The van der Waals surface area contributed by atoms with E-state index in [1.807, 2.05) is 52.1 Å². The van der Waals surface area contributed by atoms with E-state index in [9.17, 15) is 4.79 Å². The molecule has 0 aliphatic heterocycles. The second kappa shape index (κ2) is 7.19. The van der Waals surface area contributed by atoms with Crippen LogP contribution in [0.15, 0.2) is 24.3 Å². The fraction of sp³-hybridized carbons (Fsp3) is 0.421. The van der Waals surface area contributed by atoms with Gasteiger partial charge in [0.1, 0.15) is 17.6 Å². The van der Waals surface area contributed by atoms with Crippen molar-refractivity contribution in [1.29, 1.82) is 0 Å². The minimum absolute atomic E-state index is 0.0361. The number of hydrogen-bond acceptors (Lipinski definition) is 4. The molecule has 7 nitrogen and oxygen atoms in total. The van der Waals surface area contributed by atoms with Gasteiger partial charge in [0.05, 0.1) is 23.8 Å². The van der Waals surface area contributed by atoms with E-state index in [0.29, 0.717) is 13.0 Å². The van der Waals surface area contributed by atoms with Crippen molar-refractivity contribution >= 4 is 16.9 Å². The number of likely N-dealkylation sites (N-methyl/N-ethyl adjacent to an activating group) is 1. The van der Waals surface area contributed by atoms with Crippen LogP contribution in [0, 0.1) is 13.8 Å². The summed E-state index contributed by atoms with van der Waals surface area (Å²) in [6.07, 6.45) is 0.656. The lowest BCUT2D eigenvalue weighted by atomic mass is 10.2. The number of ether oxygens (including phenoxy) is 1. The third-order valence-corrected chi connectivity index (χ3v) is 4.57. The molecule has 0 bridgehead atoms. The molecule has 1 aromatic carbocycles. The molecule has 0 aliphatic rings. The minimum atomic E-state index is -0.325. The quantitative estimate of drug-likeness (QED) is 0.737. The van der Waals surface area contributed by atoms with Gasteiger partial charge in [0.25, 0.3) is 0 Å². The van der Waals surface area contributed by atoms with E-state index >= 15 is 0 Å². The summed E-state index contributed by atoms with van der Waals surface area (Å²) in [5.74, 6) is 1.68. The van der Waals surface area contributed by atoms with E-state index in [1.54, 1.807) is 16.7 Å². The molecule has 2 heterocycles. The van der Waals surface area contributed by atoms with Crippen LogP contribution >= 0.6 is 0 Å². The van der Waals surface area contributed by atoms with Crippen LogP contribution in [-0.2, 0) is 11.2 Å². The Bertz CT molecular complexity index is 927. The van der Waals surface area contributed by atoms with Gasteiger partial charge in [-0.2, -0.15) is 5.10 Å². The summed E-state index contributed by atoms with van der Waals surface area (Å²) in [6, 6.07) is 7.39. The van der Waals surface area contributed by atoms with Crippen LogP contribution in [0.2, 0.25) is 0 Å². The third-order valence-electron chi connectivity index (χ3n) is 4.57. The number of rotatable bonds is 6. The van der Waals surface area contributed by atoms with Gasteiger partial charge in [0.15, 0.2) is 0 Å². The van der Waals surface area contributed by atoms with Gasteiger partial charge in [-0.15, -0.1) is 0 Å². The molecule has 0 saturated heterocycles. The summed E-state index contributed by atoms with van der Waals surface area (Å²) in [7, 11) is 3.46. The van der Waals surface area contributed by atoms with Gasteiger partial charge in [-0.3, -0.25) is 9.48 Å². The van der Waals surface area contributed by atoms with Crippen molar-refractivity contribution in [2.24, 2.45) is 0 Å². The van der Waals surface area contributed by atoms with Crippen molar-refractivity contribution in [2.75, 3.05) is 20.7 Å². The maximum atomic E-state index is 12.7. The van der Waals surface area contributed by atoms with Crippen LogP contribution < -0.4 is 4.74 Å². The number of hydrogen-bond donors (Lipinski definition) is 1. The average Bonchev–Trinajstić information content (AvgIpc) is 3.19. The molecular weight excluding hydrogens is 330 g/mol. The first-order chi connectivity index (χ1) is 12.4. The minimum Gasteiger partial charge on any atom is -0.497 e. The number of aryl methyl sites for hydroxylation is 2. The lowest BCUT2D eigenvalue weighted by Crippen LogP contribution is -2.35. The van der Waals surface area contributed by atoms with Crippen LogP contribution in [0.3, 0.4) is 0 Å². The maximum absolute atomic E-state index is 12.7. The Morgan fingerprint density at radius 1 is 1.35 bits per heavy atom. The van der Waals surface area contributed by atoms with Crippen LogP contribution in [0.5, 0.6) is 5.75 Å². The molecule has 3 rings (SSSR count). The molecular formula is C19H25N5O2. The number of methoxy groups -OCH3 is 1. The fourth-order valence-corrected chi connectivity index (χ4v) is 3.13. The lowest BCUT2D eigenvalue weighted by molar-refractivity contribution is -0.133. The molecule has 0 saturated carbocycles. The molecule has 0 aliphatic carbocycles. The van der Waals surface area contributed by atoms with Crippen molar-refractivity contribution in [1.82, 2.24) is 24.6 Å². The summed E-state index contributed by atoms with van der Waals surface area (Å²) in [4.78, 5) is 22.3. The Balaban J connectivity index is 1.65. The molecule has 138 valence electrons. The zero-order valence-corrected chi connectivity index (χ0v) is 15.9. The Kier molecular flexibility index (Phi) is 4.97. The summed E-state index contributed by atoms with van der Waals surface area (Å²) in [5.41, 5.74) is 3.74. The number of H-pyrrole nitrogens is 1.